The number of para-hydroxylation sites is 1. The lowest BCUT2D eigenvalue weighted by Gasteiger charge is -2.09. The van der Waals surface area contributed by atoms with Gasteiger partial charge < -0.3 is 20.1 Å². The Morgan fingerprint density at radius 2 is 1.70 bits per heavy atom. The number of carbonyl (C=O) groups is 1. The number of phenolic OH excluding ortho intramolecular Hbond substituents is 2. The van der Waals surface area contributed by atoms with Gasteiger partial charge >= 0.3 is 5.97 Å². The SMILES string of the molecule is O=C(O)Cc1ccc2cc(OCCCCc3cccc(O)c3O)ccc2c1. The minimum absolute atomic E-state index is 0.0168. The molecule has 3 aromatic rings. The fraction of sp³-hybridized carbons (Fsp3) is 0.227. The highest BCUT2D eigenvalue weighted by atomic mass is 16.5. The van der Waals surface area contributed by atoms with E-state index in [0.717, 1.165) is 40.5 Å². The number of aromatic hydroxyl groups is 2. The first-order valence-electron chi connectivity index (χ1n) is 8.90. The quantitative estimate of drug-likeness (QED) is 0.409. The van der Waals surface area contributed by atoms with Crippen molar-refractivity contribution in [1.82, 2.24) is 0 Å². The molecule has 0 amide bonds. The van der Waals surface area contributed by atoms with Crippen molar-refractivity contribution in [2.24, 2.45) is 0 Å². The Morgan fingerprint density at radius 1 is 0.926 bits per heavy atom. The summed E-state index contributed by atoms with van der Waals surface area (Å²) in [7, 11) is 0. The van der Waals surface area contributed by atoms with Gasteiger partial charge in [0.2, 0.25) is 0 Å². The topological polar surface area (TPSA) is 87.0 Å². The van der Waals surface area contributed by atoms with Crippen molar-refractivity contribution in [1.29, 1.82) is 0 Å². The van der Waals surface area contributed by atoms with E-state index in [9.17, 15) is 15.0 Å². The van der Waals surface area contributed by atoms with Crippen molar-refractivity contribution >= 4 is 16.7 Å². The van der Waals surface area contributed by atoms with Crippen LogP contribution in [0.25, 0.3) is 10.8 Å². The van der Waals surface area contributed by atoms with Crippen LogP contribution in [-0.2, 0) is 17.6 Å². The maximum Gasteiger partial charge on any atom is 0.307 e. The van der Waals surface area contributed by atoms with Gasteiger partial charge in [-0.15, -0.1) is 0 Å². The van der Waals surface area contributed by atoms with Crippen molar-refractivity contribution in [3.8, 4) is 17.2 Å². The van der Waals surface area contributed by atoms with E-state index in [1.165, 1.54) is 6.07 Å². The summed E-state index contributed by atoms with van der Waals surface area (Å²) in [6.07, 6.45) is 2.35. The molecule has 5 nitrogen and oxygen atoms in total. The van der Waals surface area contributed by atoms with E-state index in [0.29, 0.717) is 13.0 Å². The largest absolute Gasteiger partial charge is 0.504 e. The van der Waals surface area contributed by atoms with Gasteiger partial charge in [-0.2, -0.15) is 0 Å². The number of aryl methyl sites for hydroxylation is 1. The van der Waals surface area contributed by atoms with Crippen molar-refractivity contribution in [2.75, 3.05) is 6.61 Å². The number of phenols is 2. The summed E-state index contributed by atoms with van der Waals surface area (Å²) >= 11 is 0. The molecular formula is C22H22O5. The van der Waals surface area contributed by atoms with E-state index in [-0.39, 0.29) is 17.9 Å². The lowest BCUT2D eigenvalue weighted by Crippen LogP contribution is -2.00. The van der Waals surface area contributed by atoms with Crippen LogP contribution in [-0.4, -0.2) is 27.9 Å². The number of fused-ring (bicyclic) bond motifs is 1. The number of hydrogen-bond donors (Lipinski definition) is 3. The molecule has 0 spiro atoms. The predicted molar refractivity (Wildman–Crippen MR) is 103 cm³/mol. The predicted octanol–water partition coefficient (Wildman–Crippen LogP) is 4.28. The number of rotatable bonds is 8. The molecule has 3 aromatic carbocycles. The number of hydrogen-bond acceptors (Lipinski definition) is 4. The number of benzene rings is 3. The molecule has 0 bridgehead atoms. The number of aliphatic carboxylic acids is 1. The number of carboxylic acids is 1. The van der Waals surface area contributed by atoms with E-state index < -0.39 is 5.97 Å². The molecule has 0 fully saturated rings. The third-order valence-corrected chi connectivity index (χ3v) is 4.44. The molecule has 0 aliphatic rings. The summed E-state index contributed by atoms with van der Waals surface area (Å²) in [4.78, 5) is 10.8. The van der Waals surface area contributed by atoms with Crippen molar-refractivity contribution in [3.05, 3.63) is 65.7 Å². The molecule has 0 aliphatic carbocycles. The van der Waals surface area contributed by atoms with Crippen LogP contribution < -0.4 is 4.74 Å². The molecule has 0 saturated carbocycles. The van der Waals surface area contributed by atoms with E-state index >= 15 is 0 Å². The van der Waals surface area contributed by atoms with Gasteiger partial charge in [0.05, 0.1) is 13.0 Å². The van der Waals surface area contributed by atoms with Gasteiger partial charge in [0.1, 0.15) is 5.75 Å². The van der Waals surface area contributed by atoms with Crippen LogP contribution in [0.5, 0.6) is 17.2 Å². The van der Waals surface area contributed by atoms with Gasteiger partial charge in [0.15, 0.2) is 11.5 Å². The smallest absolute Gasteiger partial charge is 0.307 e. The zero-order valence-corrected chi connectivity index (χ0v) is 14.9. The minimum Gasteiger partial charge on any atom is -0.504 e. The highest BCUT2D eigenvalue weighted by Crippen LogP contribution is 2.29. The average molecular weight is 366 g/mol. The number of unbranched alkanes of at least 4 members (excludes halogenated alkanes) is 1. The Kier molecular flexibility index (Phi) is 5.81. The molecule has 5 heteroatoms. The Labute approximate surface area is 157 Å². The van der Waals surface area contributed by atoms with Crippen LogP contribution >= 0.6 is 0 Å². The fourth-order valence-electron chi connectivity index (χ4n) is 3.03. The highest BCUT2D eigenvalue weighted by molar-refractivity contribution is 5.85. The first kappa shape index (κ1) is 18.6. The molecule has 0 saturated heterocycles. The lowest BCUT2D eigenvalue weighted by atomic mass is 10.0. The van der Waals surface area contributed by atoms with E-state index in [1.54, 1.807) is 12.1 Å². The van der Waals surface area contributed by atoms with Gasteiger partial charge in [0, 0.05) is 0 Å². The first-order valence-corrected chi connectivity index (χ1v) is 8.90. The Hall–Kier alpha value is -3.21. The van der Waals surface area contributed by atoms with Gasteiger partial charge in [-0.1, -0.05) is 36.4 Å². The van der Waals surface area contributed by atoms with Gasteiger partial charge in [-0.3, -0.25) is 4.79 Å². The lowest BCUT2D eigenvalue weighted by molar-refractivity contribution is -0.136. The monoisotopic (exact) mass is 366 g/mol. The highest BCUT2D eigenvalue weighted by Gasteiger charge is 2.06. The second-order valence-electron chi connectivity index (χ2n) is 6.50. The Bertz CT molecular complexity index is 949. The maximum atomic E-state index is 10.8. The van der Waals surface area contributed by atoms with Crippen LogP contribution in [0.4, 0.5) is 0 Å². The molecule has 0 radical (unpaired) electrons. The molecule has 3 N–H and O–H groups in total. The Morgan fingerprint density at radius 3 is 2.52 bits per heavy atom. The van der Waals surface area contributed by atoms with Crippen LogP contribution in [0.15, 0.2) is 54.6 Å². The summed E-state index contributed by atoms with van der Waals surface area (Å²) in [5.41, 5.74) is 1.51. The summed E-state index contributed by atoms with van der Waals surface area (Å²) in [5.74, 6) is -0.205. The maximum absolute atomic E-state index is 10.8. The second-order valence-corrected chi connectivity index (χ2v) is 6.50. The first-order chi connectivity index (χ1) is 13.0. The Balaban J connectivity index is 1.51. The molecule has 3 rings (SSSR count). The molecule has 0 unspecified atom stereocenters. The van der Waals surface area contributed by atoms with Crippen molar-refractivity contribution < 1.29 is 24.9 Å². The van der Waals surface area contributed by atoms with Crippen LogP contribution in [0.3, 0.4) is 0 Å². The zero-order valence-electron chi connectivity index (χ0n) is 14.9. The molecule has 27 heavy (non-hydrogen) atoms. The van der Waals surface area contributed by atoms with E-state index in [4.69, 9.17) is 9.84 Å². The number of ether oxygens (including phenoxy) is 1. The zero-order chi connectivity index (χ0) is 19.2. The summed E-state index contributed by atoms with van der Waals surface area (Å²) in [6, 6.07) is 16.4. The normalized spacial score (nSPS) is 10.8. The summed E-state index contributed by atoms with van der Waals surface area (Å²) < 4.78 is 5.79. The molecule has 0 aromatic heterocycles. The summed E-state index contributed by atoms with van der Waals surface area (Å²) in [5, 5.41) is 30.2. The minimum atomic E-state index is -0.840. The second kappa shape index (κ2) is 8.45. The van der Waals surface area contributed by atoms with Gasteiger partial charge in [0.25, 0.3) is 0 Å². The van der Waals surface area contributed by atoms with Crippen LogP contribution in [0.2, 0.25) is 0 Å². The molecular weight excluding hydrogens is 344 g/mol. The third-order valence-electron chi connectivity index (χ3n) is 4.44. The van der Waals surface area contributed by atoms with Crippen molar-refractivity contribution in [2.45, 2.75) is 25.7 Å². The molecule has 0 heterocycles. The van der Waals surface area contributed by atoms with Crippen LogP contribution in [0.1, 0.15) is 24.0 Å². The van der Waals surface area contributed by atoms with Crippen LogP contribution in [0, 0.1) is 0 Å². The van der Waals surface area contributed by atoms with E-state index in [1.807, 2.05) is 36.4 Å². The van der Waals surface area contributed by atoms with E-state index in [2.05, 4.69) is 0 Å². The summed E-state index contributed by atoms with van der Waals surface area (Å²) in [6.45, 7) is 0.558. The van der Waals surface area contributed by atoms with Crippen molar-refractivity contribution in [3.63, 3.8) is 0 Å². The number of carboxylic acid groups (broad SMARTS) is 1. The molecule has 0 aliphatic heterocycles. The average Bonchev–Trinajstić information content (AvgIpc) is 2.64. The van der Waals surface area contributed by atoms with Gasteiger partial charge in [-0.25, -0.2) is 0 Å². The molecule has 0 atom stereocenters. The van der Waals surface area contributed by atoms with Gasteiger partial charge in [-0.05, 0) is 59.4 Å². The molecule has 140 valence electrons. The fourth-order valence-corrected chi connectivity index (χ4v) is 3.03. The standard InChI is InChI=1S/C22H22O5/c23-20-6-3-5-16(22(20)26)4-1-2-11-27-19-10-9-17-12-15(13-21(24)25)7-8-18(17)14-19/h3,5-10,12,14,23,26H,1-2,4,11,13H2,(H,24,25). The third kappa shape index (κ3) is 4.91.